The van der Waals surface area contributed by atoms with Crippen molar-refractivity contribution in [3.8, 4) is 17.2 Å². The van der Waals surface area contributed by atoms with Gasteiger partial charge >= 0.3 is 13.7 Å². The van der Waals surface area contributed by atoms with Crippen molar-refractivity contribution in [2.75, 3.05) is 27.4 Å². The first-order valence-corrected chi connectivity index (χ1v) is 14.4. The molecule has 3 rings (SSSR count). The lowest BCUT2D eigenvalue weighted by molar-refractivity contribution is -0.163. The maximum Gasteiger partial charge on any atom is 0.459 e. The molecule has 2 N–H and O–H groups in total. The molecule has 1 heterocycles. The minimum absolute atomic E-state index is 0.00711. The lowest BCUT2D eigenvalue weighted by Gasteiger charge is -2.24. The fourth-order valence-corrected chi connectivity index (χ4v) is 5.33. The fourth-order valence-electron chi connectivity index (χ4n) is 3.83. The SMILES string of the molecule is CCOC(=O)[C@H](C)NP(=O)(OC[C@H]1OC(C)(C)O[C@H]1C(=O)NOCc1ccc(OC)cc1OC)Oc1ccccc1. The molecule has 1 amide bonds. The van der Waals surface area contributed by atoms with E-state index in [0.717, 1.165) is 0 Å². The molecule has 1 unspecified atom stereocenters. The molecule has 41 heavy (non-hydrogen) atoms. The number of benzene rings is 2. The first-order chi connectivity index (χ1) is 19.5. The van der Waals surface area contributed by atoms with E-state index in [2.05, 4.69) is 10.6 Å². The van der Waals surface area contributed by atoms with Crippen molar-refractivity contribution in [3.63, 3.8) is 0 Å². The van der Waals surface area contributed by atoms with Crippen LogP contribution in [0.15, 0.2) is 48.5 Å². The Bertz CT molecular complexity index is 1210. The first-order valence-electron chi connectivity index (χ1n) is 12.9. The van der Waals surface area contributed by atoms with Crippen LogP contribution in [0, 0.1) is 0 Å². The molecule has 1 fully saturated rings. The van der Waals surface area contributed by atoms with Gasteiger partial charge in [-0.15, -0.1) is 0 Å². The van der Waals surface area contributed by atoms with Gasteiger partial charge < -0.3 is 28.2 Å². The zero-order valence-corrected chi connectivity index (χ0v) is 24.8. The van der Waals surface area contributed by atoms with Crippen molar-refractivity contribution in [3.05, 3.63) is 54.1 Å². The Kier molecular flexibility index (Phi) is 11.5. The first kappa shape index (κ1) is 32.3. The summed E-state index contributed by atoms with van der Waals surface area (Å²) in [5, 5.41) is 2.58. The Morgan fingerprint density at radius 3 is 2.44 bits per heavy atom. The number of esters is 1. The molecular formula is C27H37N2O11P. The summed E-state index contributed by atoms with van der Waals surface area (Å²) in [5.41, 5.74) is 3.02. The van der Waals surface area contributed by atoms with Gasteiger partial charge in [0.25, 0.3) is 5.91 Å². The topological polar surface area (TPSA) is 149 Å². The van der Waals surface area contributed by atoms with Gasteiger partial charge in [0.05, 0.1) is 27.4 Å². The molecule has 0 aliphatic carbocycles. The highest BCUT2D eigenvalue weighted by atomic mass is 31.2. The maximum atomic E-state index is 13.7. The summed E-state index contributed by atoms with van der Waals surface area (Å²) >= 11 is 0. The Hall–Kier alpha value is -3.19. The molecule has 2 aromatic carbocycles. The standard InChI is InChI=1S/C27H37N2O11P/c1-7-35-26(31)18(2)29-41(32,40-20-11-9-8-10-12-20)37-17-23-24(39-27(3,4)38-23)25(30)28-36-16-19-13-14-21(33-5)15-22(19)34-6/h8-15,18,23-24H,7,16-17H2,1-6H3,(H,28,30)(H,29,32)/t18-,23+,24+,41?/m0/s1. The van der Waals surface area contributed by atoms with Gasteiger partial charge in [-0.25, -0.2) is 10.0 Å². The summed E-state index contributed by atoms with van der Waals surface area (Å²) in [6, 6.07) is 12.4. The third-order valence-electron chi connectivity index (χ3n) is 5.71. The van der Waals surface area contributed by atoms with Crippen LogP contribution < -0.4 is 24.6 Å². The number of hydrogen-bond donors (Lipinski definition) is 2. The molecule has 0 saturated carbocycles. The van der Waals surface area contributed by atoms with E-state index in [9.17, 15) is 14.2 Å². The van der Waals surface area contributed by atoms with Crippen molar-refractivity contribution < 1.29 is 51.7 Å². The second kappa shape index (κ2) is 14.6. The smallest absolute Gasteiger partial charge is 0.459 e. The van der Waals surface area contributed by atoms with Crippen LogP contribution in [0.5, 0.6) is 17.2 Å². The molecule has 226 valence electrons. The van der Waals surface area contributed by atoms with Crippen LogP contribution in [-0.4, -0.2) is 63.3 Å². The second-order valence-corrected chi connectivity index (χ2v) is 11.0. The molecule has 14 heteroatoms. The molecule has 0 aromatic heterocycles. The molecule has 0 radical (unpaired) electrons. The third kappa shape index (κ3) is 9.42. The predicted molar refractivity (Wildman–Crippen MR) is 146 cm³/mol. The maximum absolute atomic E-state index is 13.7. The van der Waals surface area contributed by atoms with Crippen molar-refractivity contribution in [1.82, 2.24) is 10.6 Å². The average Bonchev–Trinajstić information content (AvgIpc) is 3.27. The van der Waals surface area contributed by atoms with E-state index in [1.165, 1.54) is 14.0 Å². The van der Waals surface area contributed by atoms with E-state index in [-0.39, 0.29) is 25.6 Å². The Balaban J connectivity index is 1.67. The van der Waals surface area contributed by atoms with Crippen LogP contribution in [0.2, 0.25) is 0 Å². The minimum atomic E-state index is -4.18. The van der Waals surface area contributed by atoms with Gasteiger partial charge in [-0.05, 0) is 52.0 Å². The van der Waals surface area contributed by atoms with Gasteiger partial charge in [0.1, 0.15) is 36.0 Å². The number of nitrogens with one attached hydrogen (secondary N) is 2. The number of carbonyl (C=O) groups excluding carboxylic acids is 2. The normalized spacial score (nSPS) is 20.0. The summed E-state index contributed by atoms with van der Waals surface area (Å²) in [6.07, 6.45) is -2.19. The number of methoxy groups -OCH3 is 2. The number of carbonyl (C=O) groups is 2. The zero-order valence-electron chi connectivity index (χ0n) is 23.9. The quantitative estimate of drug-likeness (QED) is 0.176. The lowest BCUT2D eigenvalue weighted by atomic mass is 10.2. The van der Waals surface area contributed by atoms with Crippen molar-refractivity contribution in [1.29, 1.82) is 0 Å². The molecule has 1 aliphatic rings. The van der Waals surface area contributed by atoms with E-state index in [1.807, 2.05) is 0 Å². The second-order valence-electron chi connectivity index (χ2n) is 9.33. The van der Waals surface area contributed by atoms with E-state index >= 15 is 0 Å². The highest BCUT2D eigenvalue weighted by Crippen LogP contribution is 2.46. The van der Waals surface area contributed by atoms with Gasteiger partial charge in [0.15, 0.2) is 11.9 Å². The Morgan fingerprint density at radius 1 is 1.05 bits per heavy atom. The van der Waals surface area contributed by atoms with E-state index < -0.39 is 43.7 Å². The van der Waals surface area contributed by atoms with Crippen LogP contribution >= 0.6 is 7.75 Å². The minimum Gasteiger partial charge on any atom is -0.497 e. The molecule has 0 bridgehead atoms. The summed E-state index contributed by atoms with van der Waals surface area (Å²) in [4.78, 5) is 30.6. The summed E-state index contributed by atoms with van der Waals surface area (Å²) in [6.45, 7) is 6.11. The summed E-state index contributed by atoms with van der Waals surface area (Å²) in [7, 11) is -1.13. The molecule has 2 aromatic rings. The predicted octanol–water partition coefficient (Wildman–Crippen LogP) is 3.52. The number of para-hydroxylation sites is 1. The van der Waals surface area contributed by atoms with E-state index in [4.69, 9.17) is 37.6 Å². The van der Waals surface area contributed by atoms with Gasteiger partial charge in [-0.1, -0.05) is 18.2 Å². The van der Waals surface area contributed by atoms with Gasteiger partial charge in [0.2, 0.25) is 0 Å². The zero-order chi connectivity index (χ0) is 30.0. The van der Waals surface area contributed by atoms with Crippen LogP contribution in [0.1, 0.15) is 33.3 Å². The van der Waals surface area contributed by atoms with Crippen molar-refractivity contribution in [2.24, 2.45) is 0 Å². The molecule has 4 atom stereocenters. The van der Waals surface area contributed by atoms with Crippen LogP contribution in [-0.2, 0) is 44.3 Å². The monoisotopic (exact) mass is 596 g/mol. The summed E-state index contributed by atoms with van der Waals surface area (Å²) in [5.74, 6) is -1.09. The van der Waals surface area contributed by atoms with Gasteiger partial charge in [-0.2, -0.15) is 5.09 Å². The lowest BCUT2D eigenvalue weighted by Crippen LogP contribution is -2.43. The van der Waals surface area contributed by atoms with Crippen molar-refractivity contribution >= 4 is 19.6 Å². The van der Waals surface area contributed by atoms with Crippen LogP contribution in [0.25, 0.3) is 0 Å². The van der Waals surface area contributed by atoms with Crippen LogP contribution in [0.3, 0.4) is 0 Å². The Morgan fingerprint density at radius 2 is 1.78 bits per heavy atom. The van der Waals surface area contributed by atoms with Crippen molar-refractivity contribution in [2.45, 2.75) is 58.3 Å². The highest BCUT2D eigenvalue weighted by Gasteiger charge is 2.47. The largest absolute Gasteiger partial charge is 0.497 e. The molecule has 0 spiro atoms. The number of rotatable bonds is 15. The van der Waals surface area contributed by atoms with Gasteiger partial charge in [0, 0.05) is 11.6 Å². The number of ether oxygens (including phenoxy) is 5. The Labute approximate surface area is 239 Å². The fraction of sp³-hybridized carbons (Fsp3) is 0.481. The number of hydroxylamine groups is 1. The molecule has 1 aliphatic heterocycles. The number of hydrogen-bond acceptors (Lipinski definition) is 11. The average molecular weight is 597 g/mol. The summed E-state index contributed by atoms with van der Waals surface area (Å²) < 4.78 is 52.2. The number of amides is 1. The molecule has 13 nitrogen and oxygen atoms in total. The third-order valence-corrected chi connectivity index (χ3v) is 7.35. The van der Waals surface area contributed by atoms with Gasteiger partial charge in [-0.3, -0.25) is 19.0 Å². The molecule has 1 saturated heterocycles. The molecular weight excluding hydrogens is 559 g/mol. The highest BCUT2D eigenvalue weighted by molar-refractivity contribution is 7.52. The van der Waals surface area contributed by atoms with E-state index in [0.29, 0.717) is 17.1 Å². The van der Waals surface area contributed by atoms with E-state index in [1.54, 1.807) is 76.4 Å². The van der Waals surface area contributed by atoms with Crippen LogP contribution in [0.4, 0.5) is 0 Å².